The highest BCUT2D eigenvalue weighted by Gasteiger charge is 2.38. The molecule has 1 aliphatic carbocycles. The van der Waals surface area contributed by atoms with E-state index in [2.05, 4.69) is 19.2 Å². The number of halogens is 2. The summed E-state index contributed by atoms with van der Waals surface area (Å²) in [7, 11) is -1.55. The van der Waals surface area contributed by atoms with Crippen molar-refractivity contribution < 1.29 is 13.0 Å². The predicted molar refractivity (Wildman–Crippen MR) is 81.7 cm³/mol. The molecule has 3 unspecified atom stereocenters. The lowest BCUT2D eigenvalue weighted by Gasteiger charge is -2.40. The quantitative estimate of drug-likeness (QED) is 0.919. The molecule has 2 rings (SSSR count). The molecule has 0 heterocycles. The van der Waals surface area contributed by atoms with Crippen molar-refractivity contribution in [1.82, 2.24) is 5.32 Å². The fourth-order valence-corrected chi connectivity index (χ4v) is 4.98. The Kier molecular flexibility index (Phi) is 5.15. The maximum atomic E-state index is 13.9. The molecule has 0 aliphatic heterocycles. The van der Waals surface area contributed by atoms with Crippen LogP contribution in [0.1, 0.15) is 40.0 Å². The van der Waals surface area contributed by atoms with Gasteiger partial charge in [-0.25, -0.2) is 8.78 Å². The van der Waals surface area contributed by atoms with Crippen molar-refractivity contribution in [1.29, 1.82) is 0 Å². The maximum absolute atomic E-state index is 13.9. The molecule has 1 aromatic carbocycles. The Bertz CT molecular complexity index is 533. The molecular formula is C16H23F2NOS. The first-order chi connectivity index (χ1) is 9.84. The van der Waals surface area contributed by atoms with Gasteiger partial charge in [0.05, 0.1) is 20.9 Å². The molecule has 1 aromatic rings. The molecule has 1 aliphatic rings. The molecule has 21 heavy (non-hydrogen) atoms. The van der Waals surface area contributed by atoms with Crippen LogP contribution in [-0.4, -0.2) is 22.0 Å². The van der Waals surface area contributed by atoms with Crippen LogP contribution in [-0.2, 0) is 10.8 Å². The zero-order chi connectivity index (χ0) is 15.6. The molecule has 1 N–H and O–H groups in total. The SMILES string of the molecule is CCNC1CCC(C)(C)CC1S(=O)c1cc(F)ccc1F. The topological polar surface area (TPSA) is 29.1 Å². The summed E-state index contributed by atoms with van der Waals surface area (Å²) in [6.07, 6.45) is 2.70. The molecule has 5 heteroatoms. The average molecular weight is 315 g/mol. The molecule has 3 atom stereocenters. The highest BCUT2D eigenvalue weighted by Crippen LogP contribution is 2.39. The minimum atomic E-state index is -1.55. The van der Waals surface area contributed by atoms with Crippen molar-refractivity contribution >= 4 is 10.8 Å². The number of hydrogen-bond acceptors (Lipinski definition) is 2. The molecule has 0 amide bonds. The summed E-state index contributed by atoms with van der Waals surface area (Å²) in [5, 5.41) is 3.16. The first-order valence-corrected chi connectivity index (χ1v) is 8.64. The summed E-state index contributed by atoms with van der Waals surface area (Å²) in [4.78, 5) is -0.0133. The monoisotopic (exact) mass is 315 g/mol. The summed E-state index contributed by atoms with van der Waals surface area (Å²) in [5.41, 5.74) is 0.0794. The normalized spacial score (nSPS) is 26.5. The zero-order valence-corrected chi connectivity index (χ0v) is 13.6. The van der Waals surface area contributed by atoms with Gasteiger partial charge in [-0.05, 0) is 49.4 Å². The molecule has 0 bridgehead atoms. The van der Waals surface area contributed by atoms with E-state index in [0.717, 1.165) is 44.0 Å². The Morgan fingerprint density at radius 3 is 2.76 bits per heavy atom. The van der Waals surface area contributed by atoms with Crippen LogP contribution in [0.4, 0.5) is 8.78 Å². The van der Waals surface area contributed by atoms with Gasteiger partial charge in [-0.2, -0.15) is 0 Å². The second-order valence-electron chi connectivity index (χ2n) is 6.48. The molecule has 1 fully saturated rings. The lowest BCUT2D eigenvalue weighted by atomic mass is 9.75. The second kappa shape index (κ2) is 6.53. The molecule has 118 valence electrons. The third-order valence-electron chi connectivity index (χ3n) is 4.19. The Labute approximate surface area is 127 Å². The van der Waals surface area contributed by atoms with Crippen LogP contribution in [0, 0.1) is 17.0 Å². The Morgan fingerprint density at radius 1 is 1.38 bits per heavy atom. The van der Waals surface area contributed by atoms with Crippen molar-refractivity contribution in [3.63, 3.8) is 0 Å². The molecule has 0 aromatic heterocycles. The fraction of sp³-hybridized carbons (Fsp3) is 0.625. The van der Waals surface area contributed by atoms with E-state index >= 15 is 0 Å². The number of nitrogens with one attached hydrogen (secondary N) is 1. The Morgan fingerprint density at radius 2 is 2.10 bits per heavy atom. The highest BCUT2D eigenvalue weighted by molar-refractivity contribution is 7.85. The third kappa shape index (κ3) is 3.89. The van der Waals surface area contributed by atoms with Crippen LogP contribution in [0.2, 0.25) is 0 Å². The van der Waals surface area contributed by atoms with Gasteiger partial charge in [0, 0.05) is 6.04 Å². The largest absolute Gasteiger partial charge is 0.313 e. The second-order valence-corrected chi connectivity index (χ2v) is 8.12. The van der Waals surface area contributed by atoms with E-state index in [1.165, 1.54) is 0 Å². The van der Waals surface area contributed by atoms with Gasteiger partial charge in [0.2, 0.25) is 0 Å². The van der Waals surface area contributed by atoms with E-state index in [1.807, 2.05) is 6.92 Å². The van der Waals surface area contributed by atoms with Crippen LogP contribution in [0.15, 0.2) is 23.1 Å². The van der Waals surface area contributed by atoms with Crippen LogP contribution in [0.5, 0.6) is 0 Å². The van der Waals surface area contributed by atoms with Crippen molar-refractivity contribution in [2.75, 3.05) is 6.54 Å². The maximum Gasteiger partial charge on any atom is 0.139 e. The lowest BCUT2D eigenvalue weighted by molar-refractivity contribution is 0.213. The van der Waals surface area contributed by atoms with E-state index in [9.17, 15) is 13.0 Å². The summed E-state index contributed by atoms with van der Waals surface area (Å²) >= 11 is 0. The molecule has 0 saturated heterocycles. The van der Waals surface area contributed by atoms with Crippen LogP contribution in [0.25, 0.3) is 0 Å². The molecule has 1 saturated carbocycles. The van der Waals surface area contributed by atoms with E-state index in [4.69, 9.17) is 0 Å². The van der Waals surface area contributed by atoms with E-state index in [0.29, 0.717) is 0 Å². The van der Waals surface area contributed by atoms with Gasteiger partial charge in [-0.3, -0.25) is 4.21 Å². The van der Waals surface area contributed by atoms with Crippen LogP contribution >= 0.6 is 0 Å². The standard InChI is InChI=1S/C16H23F2NOS/c1-4-19-13-7-8-16(2,3)10-15(13)21(20)14-9-11(17)5-6-12(14)18/h5-6,9,13,15,19H,4,7-8,10H2,1-3H3. The van der Waals surface area contributed by atoms with E-state index < -0.39 is 22.4 Å². The Balaban J connectivity index is 2.30. The summed E-state index contributed by atoms with van der Waals surface area (Å²) < 4.78 is 40.1. The number of rotatable bonds is 4. The molecule has 0 spiro atoms. The van der Waals surface area contributed by atoms with Gasteiger partial charge >= 0.3 is 0 Å². The van der Waals surface area contributed by atoms with Gasteiger partial charge in [0.1, 0.15) is 11.6 Å². The summed E-state index contributed by atoms with van der Waals surface area (Å²) in [6.45, 7) is 7.07. The van der Waals surface area contributed by atoms with E-state index in [-0.39, 0.29) is 21.6 Å². The predicted octanol–water partition coefficient (Wildman–Crippen LogP) is 3.63. The first kappa shape index (κ1) is 16.6. The van der Waals surface area contributed by atoms with Crippen molar-refractivity contribution in [3.8, 4) is 0 Å². The molecule has 2 nitrogen and oxygen atoms in total. The van der Waals surface area contributed by atoms with Gasteiger partial charge in [-0.15, -0.1) is 0 Å². The molecule has 0 radical (unpaired) electrons. The smallest absolute Gasteiger partial charge is 0.139 e. The Hall–Kier alpha value is -0.810. The van der Waals surface area contributed by atoms with Crippen LogP contribution in [0.3, 0.4) is 0 Å². The van der Waals surface area contributed by atoms with Crippen LogP contribution < -0.4 is 5.32 Å². The van der Waals surface area contributed by atoms with Gasteiger partial charge in [0.15, 0.2) is 0 Å². The fourth-order valence-electron chi connectivity index (χ4n) is 3.04. The highest BCUT2D eigenvalue weighted by atomic mass is 32.2. The van der Waals surface area contributed by atoms with Gasteiger partial charge < -0.3 is 5.32 Å². The first-order valence-electron chi connectivity index (χ1n) is 7.43. The number of hydrogen-bond donors (Lipinski definition) is 1. The van der Waals surface area contributed by atoms with Gasteiger partial charge in [-0.1, -0.05) is 20.8 Å². The summed E-state index contributed by atoms with van der Waals surface area (Å²) in [6, 6.07) is 3.27. The van der Waals surface area contributed by atoms with Crippen molar-refractivity contribution in [3.05, 3.63) is 29.8 Å². The lowest BCUT2D eigenvalue weighted by Crippen LogP contribution is -2.48. The van der Waals surface area contributed by atoms with Crippen molar-refractivity contribution in [2.45, 2.75) is 56.2 Å². The van der Waals surface area contributed by atoms with E-state index in [1.54, 1.807) is 0 Å². The summed E-state index contributed by atoms with van der Waals surface area (Å²) in [5.74, 6) is -1.14. The van der Waals surface area contributed by atoms with Gasteiger partial charge in [0.25, 0.3) is 0 Å². The zero-order valence-electron chi connectivity index (χ0n) is 12.8. The van der Waals surface area contributed by atoms with Crippen molar-refractivity contribution in [2.24, 2.45) is 5.41 Å². The third-order valence-corrected chi connectivity index (χ3v) is 5.98. The minimum Gasteiger partial charge on any atom is -0.313 e. The average Bonchev–Trinajstić information content (AvgIpc) is 2.42. The molecular weight excluding hydrogens is 292 g/mol. The minimum absolute atomic E-state index is 0.0133. The number of benzene rings is 1.